The average molecular weight is 489 g/mol. The lowest BCUT2D eigenvalue weighted by Crippen LogP contribution is -2.50. The zero-order valence-corrected chi connectivity index (χ0v) is 18.8. The van der Waals surface area contributed by atoms with Gasteiger partial charge in [-0.3, -0.25) is 4.79 Å². The van der Waals surface area contributed by atoms with Crippen LogP contribution >= 0.6 is 11.3 Å². The van der Waals surface area contributed by atoms with Crippen LogP contribution in [0.25, 0.3) is 10.2 Å². The van der Waals surface area contributed by atoms with Crippen LogP contribution in [-0.2, 0) is 10.9 Å². The third-order valence-electron chi connectivity index (χ3n) is 5.86. The van der Waals surface area contributed by atoms with Gasteiger partial charge >= 0.3 is 12.3 Å². The lowest BCUT2D eigenvalue weighted by Gasteiger charge is -2.34. The Morgan fingerprint density at radius 1 is 1.30 bits per heavy atom. The second kappa shape index (κ2) is 8.96. The van der Waals surface area contributed by atoms with E-state index in [2.05, 4.69) is 10.3 Å². The first-order valence-corrected chi connectivity index (χ1v) is 11.4. The maximum absolute atomic E-state index is 14.8. The molecule has 1 aliphatic heterocycles. The minimum absolute atomic E-state index is 0.0207. The van der Waals surface area contributed by atoms with Crippen molar-refractivity contribution in [2.45, 2.75) is 50.7 Å². The standard InChI is InChI=1S/C21H23F4N3O4S/c1-10(11-3-4-11)31-20(30)28-6-5-15(14(22)8-28)32-16-7-13(21(23,24)25)18-17(27-16)12(9-33-18)19(29)26-2/h7,9-11,14-15H,3-6,8H2,1-2H3,(H,26,29)/t10-,14+,15-/m0/s1. The molecule has 0 spiro atoms. The van der Waals surface area contributed by atoms with Crippen LogP contribution < -0.4 is 10.1 Å². The quantitative estimate of drug-likeness (QED) is 0.630. The van der Waals surface area contributed by atoms with E-state index in [1.54, 1.807) is 6.92 Å². The minimum Gasteiger partial charge on any atom is -0.471 e. The van der Waals surface area contributed by atoms with Gasteiger partial charge in [0.1, 0.15) is 12.2 Å². The molecule has 1 saturated heterocycles. The molecular formula is C21H23F4N3O4S. The molecule has 0 bridgehead atoms. The molecule has 7 nitrogen and oxygen atoms in total. The molecule has 0 aromatic carbocycles. The van der Waals surface area contributed by atoms with Crippen molar-refractivity contribution >= 4 is 33.6 Å². The molecule has 2 aliphatic rings. The summed E-state index contributed by atoms with van der Waals surface area (Å²) < 4.78 is 66.4. The summed E-state index contributed by atoms with van der Waals surface area (Å²) in [5.74, 6) is -0.671. The van der Waals surface area contributed by atoms with Crippen molar-refractivity contribution < 1.29 is 36.6 Å². The molecule has 2 amide bonds. The fraction of sp³-hybridized carbons (Fsp3) is 0.571. The Kier molecular flexibility index (Phi) is 6.39. The molecule has 3 heterocycles. The van der Waals surface area contributed by atoms with E-state index in [0.717, 1.165) is 30.2 Å². The third-order valence-corrected chi connectivity index (χ3v) is 6.86. The molecule has 0 unspecified atom stereocenters. The van der Waals surface area contributed by atoms with Crippen molar-refractivity contribution in [1.82, 2.24) is 15.2 Å². The number of nitrogens with zero attached hydrogens (tertiary/aromatic N) is 2. The first-order valence-electron chi connectivity index (χ1n) is 10.6. The van der Waals surface area contributed by atoms with Crippen LogP contribution in [0.2, 0.25) is 0 Å². The van der Waals surface area contributed by atoms with Crippen molar-refractivity contribution in [3.63, 3.8) is 0 Å². The summed E-state index contributed by atoms with van der Waals surface area (Å²) in [7, 11) is 1.36. The topological polar surface area (TPSA) is 80.8 Å². The molecule has 1 saturated carbocycles. The van der Waals surface area contributed by atoms with E-state index in [9.17, 15) is 27.2 Å². The Labute approximate surface area is 191 Å². The van der Waals surface area contributed by atoms with Gasteiger partial charge < -0.3 is 19.7 Å². The number of ether oxygens (including phenoxy) is 2. The number of alkyl halides is 4. The highest BCUT2D eigenvalue weighted by molar-refractivity contribution is 7.17. The van der Waals surface area contributed by atoms with Gasteiger partial charge in [0, 0.05) is 31.5 Å². The predicted octanol–water partition coefficient (Wildman–Crippen LogP) is 4.40. The second-order valence-corrected chi connectivity index (χ2v) is 9.12. The van der Waals surface area contributed by atoms with Crippen LogP contribution in [0.15, 0.2) is 11.4 Å². The first kappa shape index (κ1) is 23.5. The van der Waals surface area contributed by atoms with Gasteiger partial charge in [-0.25, -0.2) is 14.2 Å². The van der Waals surface area contributed by atoms with Crippen LogP contribution in [-0.4, -0.2) is 60.4 Å². The van der Waals surface area contributed by atoms with E-state index in [4.69, 9.17) is 9.47 Å². The Hall–Kier alpha value is -2.63. The molecule has 33 heavy (non-hydrogen) atoms. The van der Waals surface area contributed by atoms with E-state index >= 15 is 0 Å². The molecule has 3 atom stereocenters. The second-order valence-electron chi connectivity index (χ2n) is 8.25. The number of carbonyl (C=O) groups is 2. The van der Waals surface area contributed by atoms with Crippen molar-refractivity contribution in [3.8, 4) is 5.88 Å². The number of likely N-dealkylation sites (tertiary alicyclic amines) is 1. The minimum atomic E-state index is -4.72. The highest BCUT2D eigenvalue weighted by Crippen LogP contribution is 2.40. The van der Waals surface area contributed by atoms with E-state index in [-0.39, 0.29) is 41.4 Å². The number of hydrogen-bond donors (Lipinski definition) is 1. The number of rotatable bonds is 5. The van der Waals surface area contributed by atoms with Gasteiger partial charge in [-0.1, -0.05) is 0 Å². The molecule has 12 heteroatoms. The maximum Gasteiger partial charge on any atom is 0.418 e. The Morgan fingerprint density at radius 3 is 2.64 bits per heavy atom. The lowest BCUT2D eigenvalue weighted by molar-refractivity contribution is -0.136. The molecule has 2 aromatic heterocycles. The van der Waals surface area contributed by atoms with Gasteiger partial charge in [0.2, 0.25) is 5.88 Å². The van der Waals surface area contributed by atoms with E-state index < -0.39 is 41.9 Å². The van der Waals surface area contributed by atoms with E-state index in [0.29, 0.717) is 5.92 Å². The van der Waals surface area contributed by atoms with Crippen molar-refractivity contribution in [2.75, 3.05) is 20.1 Å². The van der Waals surface area contributed by atoms with Gasteiger partial charge in [-0.05, 0) is 25.7 Å². The van der Waals surface area contributed by atoms with Gasteiger partial charge in [0.15, 0.2) is 6.17 Å². The summed E-state index contributed by atoms with van der Waals surface area (Å²) >= 11 is 0.750. The fourth-order valence-electron chi connectivity index (χ4n) is 3.78. The summed E-state index contributed by atoms with van der Waals surface area (Å²) in [5, 5.41) is 3.65. The lowest BCUT2D eigenvalue weighted by atomic mass is 10.1. The average Bonchev–Trinajstić information content (AvgIpc) is 3.53. The molecule has 2 aromatic rings. The molecular weight excluding hydrogens is 466 g/mol. The van der Waals surface area contributed by atoms with Gasteiger partial charge in [0.25, 0.3) is 5.91 Å². The molecule has 1 N–H and O–H groups in total. The molecule has 2 fully saturated rings. The van der Waals surface area contributed by atoms with Crippen LogP contribution in [0, 0.1) is 5.92 Å². The summed E-state index contributed by atoms with van der Waals surface area (Å²) in [6.07, 6.45) is -6.24. The van der Waals surface area contributed by atoms with Gasteiger partial charge in [-0.15, -0.1) is 11.3 Å². The number of amides is 2. The Balaban J connectivity index is 1.51. The number of carbonyl (C=O) groups excluding carboxylic acids is 2. The number of hydrogen-bond acceptors (Lipinski definition) is 6. The highest BCUT2D eigenvalue weighted by Gasteiger charge is 2.39. The van der Waals surface area contributed by atoms with Crippen molar-refractivity contribution in [1.29, 1.82) is 0 Å². The zero-order chi connectivity index (χ0) is 23.9. The van der Waals surface area contributed by atoms with Gasteiger partial charge in [-0.2, -0.15) is 13.2 Å². The monoisotopic (exact) mass is 489 g/mol. The summed E-state index contributed by atoms with van der Waals surface area (Å²) in [6, 6.07) is 0.719. The molecule has 4 rings (SSSR count). The van der Waals surface area contributed by atoms with Crippen molar-refractivity contribution in [3.05, 3.63) is 22.6 Å². The summed E-state index contributed by atoms with van der Waals surface area (Å²) in [4.78, 5) is 29.6. The number of pyridine rings is 1. The zero-order valence-electron chi connectivity index (χ0n) is 17.9. The number of thiophene rings is 1. The third kappa shape index (κ3) is 4.99. The van der Waals surface area contributed by atoms with Crippen molar-refractivity contribution in [2.24, 2.45) is 5.92 Å². The molecule has 0 radical (unpaired) electrons. The van der Waals surface area contributed by atoms with E-state index in [1.165, 1.54) is 17.3 Å². The number of aromatic nitrogens is 1. The number of piperidine rings is 1. The summed E-state index contributed by atoms with van der Waals surface area (Å²) in [5.41, 5.74) is -1.18. The fourth-order valence-corrected chi connectivity index (χ4v) is 4.81. The highest BCUT2D eigenvalue weighted by atomic mass is 32.1. The smallest absolute Gasteiger partial charge is 0.418 e. The van der Waals surface area contributed by atoms with Crippen LogP contribution in [0.3, 0.4) is 0 Å². The first-order chi connectivity index (χ1) is 15.6. The normalized spacial score (nSPS) is 22.2. The SMILES string of the molecule is CNC(=O)c1csc2c(C(F)(F)F)cc(O[C@H]3CCN(C(=O)O[C@@H](C)C4CC4)C[C@H]3F)nc12. The number of halogens is 4. The number of nitrogens with one attached hydrogen (secondary N) is 1. The molecule has 1 aliphatic carbocycles. The molecule has 180 valence electrons. The van der Waals surface area contributed by atoms with Crippen LogP contribution in [0.5, 0.6) is 5.88 Å². The largest absolute Gasteiger partial charge is 0.471 e. The van der Waals surface area contributed by atoms with Crippen LogP contribution in [0.1, 0.15) is 42.1 Å². The Bertz CT molecular complexity index is 1060. The predicted molar refractivity (Wildman–Crippen MR) is 112 cm³/mol. The summed E-state index contributed by atoms with van der Waals surface area (Å²) in [6.45, 7) is 1.64. The Morgan fingerprint density at radius 2 is 2.03 bits per heavy atom. The van der Waals surface area contributed by atoms with E-state index in [1.807, 2.05) is 0 Å². The maximum atomic E-state index is 14.8. The van der Waals surface area contributed by atoms with Crippen LogP contribution in [0.4, 0.5) is 22.4 Å². The van der Waals surface area contributed by atoms with Gasteiger partial charge in [0.05, 0.1) is 27.9 Å². The number of fused-ring (bicyclic) bond motifs is 1.